The Kier molecular flexibility index (Phi) is 11.8. The average molecular weight is 638 g/mol. The van der Waals surface area contributed by atoms with E-state index < -0.39 is 76.2 Å². The van der Waals surface area contributed by atoms with Crippen LogP contribution in [-0.2, 0) is 42.9 Å². The zero-order chi connectivity index (χ0) is 33.8. The number of aliphatic imine (C=N–C) groups is 1. The highest BCUT2D eigenvalue weighted by atomic mass is 35.5. The maximum absolute atomic E-state index is 13.3. The maximum Gasteiger partial charge on any atom is 0.311 e. The molecule has 1 aliphatic rings. The van der Waals surface area contributed by atoms with E-state index in [1.165, 1.54) is 6.21 Å². The van der Waals surface area contributed by atoms with Crippen LogP contribution < -0.4 is 0 Å². The number of carbonyl (C=O) groups excluding carboxylic acids is 4. The fourth-order valence-electron chi connectivity index (χ4n) is 3.57. The molecular weight excluding hydrogens is 590 g/mol. The minimum atomic E-state index is -1.37. The van der Waals surface area contributed by atoms with Gasteiger partial charge in [0.05, 0.1) is 21.7 Å². The monoisotopic (exact) mass is 637 g/mol. The topological polar surface area (TPSA) is 127 Å². The van der Waals surface area contributed by atoms with Gasteiger partial charge in [-0.3, -0.25) is 24.2 Å². The molecule has 44 heavy (non-hydrogen) atoms. The van der Waals surface area contributed by atoms with Crippen molar-refractivity contribution in [1.29, 1.82) is 0 Å². The second-order valence-corrected chi connectivity index (χ2v) is 15.5. The molecule has 0 radical (unpaired) electrons. The van der Waals surface area contributed by atoms with Crippen LogP contribution in [0.15, 0.2) is 29.3 Å². The van der Waals surface area contributed by atoms with Gasteiger partial charge in [-0.05, 0) is 101 Å². The Morgan fingerprint density at radius 3 is 1.64 bits per heavy atom. The highest BCUT2D eigenvalue weighted by molar-refractivity contribution is 6.30. The number of hydrogen-bond acceptors (Lipinski definition) is 10. The van der Waals surface area contributed by atoms with Crippen LogP contribution in [0, 0.1) is 21.7 Å². The van der Waals surface area contributed by atoms with Gasteiger partial charge in [0.25, 0.3) is 0 Å². The number of hydrogen-bond donors (Lipinski definition) is 0. The summed E-state index contributed by atoms with van der Waals surface area (Å²) in [5.41, 5.74) is -3.08. The smallest absolute Gasteiger partial charge is 0.311 e. The van der Waals surface area contributed by atoms with Gasteiger partial charge in [0.15, 0.2) is 24.5 Å². The van der Waals surface area contributed by atoms with Crippen LogP contribution in [0.1, 0.15) is 88.6 Å². The van der Waals surface area contributed by atoms with E-state index in [4.69, 9.17) is 35.3 Å². The molecule has 0 aromatic heterocycles. The number of ether oxygens (including phenoxy) is 5. The molecule has 5 atom stereocenters. The lowest BCUT2D eigenvalue weighted by molar-refractivity contribution is -0.258. The van der Waals surface area contributed by atoms with Gasteiger partial charge in [0.1, 0.15) is 12.7 Å². The van der Waals surface area contributed by atoms with E-state index in [0.29, 0.717) is 10.6 Å². The van der Waals surface area contributed by atoms with Crippen molar-refractivity contribution in [2.75, 3.05) is 6.61 Å². The molecule has 1 aliphatic heterocycles. The SMILES string of the molecule is CC(C)(C)C(=O)OC[C@H]1O[C@@H](/N=C/c2cccc(Cl)c2)[C@H](OC(=O)C(C)(C)C)[C@@H](OC(=O)C(C)(C)C)[C@H]1OC(=O)C(C)(C)C. The summed E-state index contributed by atoms with van der Waals surface area (Å²) >= 11 is 6.16. The zero-order valence-corrected chi connectivity index (χ0v) is 28.7. The number of nitrogens with zero attached hydrogens (tertiary/aromatic N) is 1. The first-order chi connectivity index (χ1) is 19.9. The molecule has 0 unspecified atom stereocenters. The minimum absolute atomic E-state index is 0.356. The van der Waals surface area contributed by atoms with Crippen molar-refractivity contribution in [1.82, 2.24) is 0 Å². The molecule has 1 fully saturated rings. The van der Waals surface area contributed by atoms with E-state index in [1.54, 1.807) is 107 Å². The molecule has 246 valence electrons. The third kappa shape index (κ3) is 10.6. The van der Waals surface area contributed by atoms with Gasteiger partial charge in [0, 0.05) is 11.2 Å². The average Bonchev–Trinajstić information content (AvgIpc) is 2.86. The highest BCUT2D eigenvalue weighted by Gasteiger charge is 2.54. The molecule has 0 amide bonds. The van der Waals surface area contributed by atoms with Gasteiger partial charge in [-0.15, -0.1) is 0 Å². The summed E-state index contributed by atoms with van der Waals surface area (Å²) in [6, 6.07) is 6.90. The van der Waals surface area contributed by atoms with E-state index in [-0.39, 0.29) is 6.61 Å². The molecule has 2 rings (SSSR count). The second-order valence-electron chi connectivity index (χ2n) is 15.1. The quantitative estimate of drug-likeness (QED) is 0.202. The molecule has 11 heteroatoms. The van der Waals surface area contributed by atoms with Gasteiger partial charge in [-0.1, -0.05) is 23.7 Å². The Balaban J connectivity index is 2.72. The van der Waals surface area contributed by atoms with Crippen molar-refractivity contribution in [2.24, 2.45) is 26.7 Å². The largest absolute Gasteiger partial charge is 0.462 e. The molecule has 0 N–H and O–H groups in total. The van der Waals surface area contributed by atoms with E-state index >= 15 is 0 Å². The Labute approximate surface area is 266 Å². The first-order valence-corrected chi connectivity index (χ1v) is 15.0. The molecule has 0 aliphatic carbocycles. The van der Waals surface area contributed by atoms with E-state index in [0.717, 1.165) is 0 Å². The van der Waals surface area contributed by atoms with Crippen LogP contribution in [-0.4, -0.2) is 67.3 Å². The van der Waals surface area contributed by atoms with Gasteiger partial charge < -0.3 is 23.7 Å². The molecule has 1 aromatic carbocycles. The maximum atomic E-state index is 13.3. The van der Waals surface area contributed by atoms with Crippen LogP contribution in [0.2, 0.25) is 5.02 Å². The summed E-state index contributed by atoms with van der Waals surface area (Å²) in [6.45, 7) is 19.7. The Morgan fingerprint density at radius 1 is 0.727 bits per heavy atom. The Bertz CT molecular complexity index is 1230. The van der Waals surface area contributed by atoms with Crippen molar-refractivity contribution in [2.45, 2.75) is 114 Å². The van der Waals surface area contributed by atoms with Crippen molar-refractivity contribution < 1.29 is 42.9 Å². The van der Waals surface area contributed by atoms with Crippen molar-refractivity contribution in [3.8, 4) is 0 Å². The van der Waals surface area contributed by atoms with Gasteiger partial charge in [-0.2, -0.15) is 0 Å². The molecule has 1 saturated heterocycles. The van der Waals surface area contributed by atoms with Crippen molar-refractivity contribution in [3.05, 3.63) is 34.9 Å². The first kappa shape index (κ1) is 37.2. The van der Waals surface area contributed by atoms with Crippen LogP contribution in [0.4, 0.5) is 0 Å². The second kappa shape index (κ2) is 14.0. The summed E-state index contributed by atoms with van der Waals surface area (Å²) in [4.78, 5) is 57.1. The number of rotatable bonds is 7. The standard InChI is InChI=1S/C33H48ClNO9/c1-30(2,3)26(36)40-18-21-22(42-27(37)31(4,5)6)23(43-28(38)32(7,8)9)24(44-29(39)33(10,11)12)25(41-21)35-17-19-14-13-15-20(34)16-19/h13-17,21-25H,18H2,1-12H3/b35-17+/t21-,22+,23+,24-,25-/m1/s1. The number of esters is 4. The Morgan fingerprint density at radius 2 is 1.18 bits per heavy atom. The lowest BCUT2D eigenvalue weighted by atomic mass is 9.92. The summed E-state index contributed by atoms with van der Waals surface area (Å²) in [5.74, 6) is -2.41. The normalized spacial score (nSPS) is 23.2. The highest BCUT2D eigenvalue weighted by Crippen LogP contribution is 2.34. The lowest BCUT2D eigenvalue weighted by Crippen LogP contribution is -2.63. The molecule has 0 saturated carbocycles. The predicted octanol–water partition coefficient (Wildman–Crippen LogP) is 5.95. The summed E-state index contributed by atoms with van der Waals surface area (Å²) in [6.07, 6.45) is -4.94. The third-order valence-electron chi connectivity index (χ3n) is 6.39. The van der Waals surface area contributed by atoms with E-state index in [2.05, 4.69) is 4.99 Å². The van der Waals surface area contributed by atoms with E-state index in [1.807, 2.05) is 0 Å². The molecule has 1 aromatic rings. The summed E-state index contributed by atoms with van der Waals surface area (Å²) < 4.78 is 29.8. The number of carbonyl (C=O) groups is 4. The van der Waals surface area contributed by atoms with Crippen molar-refractivity contribution in [3.63, 3.8) is 0 Å². The van der Waals surface area contributed by atoms with Gasteiger partial charge in [0.2, 0.25) is 0 Å². The van der Waals surface area contributed by atoms with Crippen LogP contribution in [0.3, 0.4) is 0 Å². The summed E-state index contributed by atoms with van der Waals surface area (Å²) in [5, 5.41) is 0.479. The number of benzene rings is 1. The van der Waals surface area contributed by atoms with Crippen molar-refractivity contribution >= 4 is 41.7 Å². The van der Waals surface area contributed by atoms with Gasteiger partial charge >= 0.3 is 23.9 Å². The zero-order valence-electron chi connectivity index (χ0n) is 28.0. The summed E-state index contributed by atoms with van der Waals surface area (Å²) in [7, 11) is 0. The predicted molar refractivity (Wildman–Crippen MR) is 166 cm³/mol. The molecule has 10 nitrogen and oxygen atoms in total. The van der Waals surface area contributed by atoms with Crippen LogP contribution in [0.5, 0.6) is 0 Å². The van der Waals surface area contributed by atoms with Crippen LogP contribution in [0.25, 0.3) is 0 Å². The molecular formula is C33H48ClNO9. The molecule has 0 spiro atoms. The van der Waals surface area contributed by atoms with E-state index in [9.17, 15) is 19.2 Å². The first-order valence-electron chi connectivity index (χ1n) is 14.7. The lowest BCUT2D eigenvalue weighted by Gasteiger charge is -2.45. The fourth-order valence-corrected chi connectivity index (χ4v) is 3.77. The van der Waals surface area contributed by atoms with Gasteiger partial charge in [-0.25, -0.2) is 0 Å². The molecule has 0 bridgehead atoms. The number of halogens is 1. The molecule has 1 heterocycles. The minimum Gasteiger partial charge on any atom is -0.462 e. The Hall–Kier alpha value is -2.98. The van der Waals surface area contributed by atoms with Crippen LogP contribution >= 0.6 is 11.6 Å². The fraction of sp³-hybridized carbons (Fsp3) is 0.667. The third-order valence-corrected chi connectivity index (χ3v) is 6.62.